The van der Waals surface area contributed by atoms with Crippen LogP contribution in [-0.2, 0) is 0 Å². The Balaban J connectivity index is 1.70. The molecular formula is C15H16N2OS. The number of nitrogens with one attached hydrogen (secondary N) is 1. The highest BCUT2D eigenvalue weighted by Gasteiger charge is 2.40. The predicted octanol–water partition coefficient (Wildman–Crippen LogP) is 2.34. The van der Waals surface area contributed by atoms with E-state index in [0.717, 1.165) is 37.0 Å². The minimum Gasteiger partial charge on any atom is -0.334 e. The van der Waals surface area contributed by atoms with Crippen molar-refractivity contribution >= 4 is 27.3 Å². The second-order valence-electron chi connectivity index (χ2n) is 5.42. The van der Waals surface area contributed by atoms with Crippen molar-refractivity contribution in [3.05, 3.63) is 35.2 Å². The van der Waals surface area contributed by atoms with E-state index in [9.17, 15) is 4.79 Å². The third-order valence-electron chi connectivity index (χ3n) is 4.42. The van der Waals surface area contributed by atoms with Crippen LogP contribution in [0.2, 0.25) is 0 Å². The van der Waals surface area contributed by atoms with Gasteiger partial charge in [0.25, 0.3) is 5.91 Å². The highest BCUT2D eigenvalue weighted by molar-refractivity contribution is 7.17. The van der Waals surface area contributed by atoms with Gasteiger partial charge in [-0.15, -0.1) is 11.3 Å². The molecule has 2 aliphatic heterocycles. The van der Waals surface area contributed by atoms with E-state index in [1.165, 1.54) is 4.70 Å². The first kappa shape index (κ1) is 11.4. The molecule has 1 aromatic carbocycles. The number of benzene rings is 1. The Morgan fingerprint density at radius 2 is 2.21 bits per heavy atom. The van der Waals surface area contributed by atoms with E-state index < -0.39 is 0 Å². The molecule has 0 unspecified atom stereocenters. The summed E-state index contributed by atoms with van der Waals surface area (Å²) in [4.78, 5) is 14.9. The predicted molar refractivity (Wildman–Crippen MR) is 77.6 cm³/mol. The molecule has 2 atom stereocenters. The minimum atomic E-state index is 0.216. The van der Waals surface area contributed by atoms with Gasteiger partial charge in [-0.25, -0.2) is 0 Å². The normalized spacial score (nSPS) is 26.0. The number of carbonyl (C=O) groups is 1. The van der Waals surface area contributed by atoms with Gasteiger partial charge in [-0.3, -0.25) is 4.79 Å². The average Bonchev–Trinajstić information content (AvgIpc) is 3.12. The van der Waals surface area contributed by atoms with E-state index >= 15 is 0 Å². The summed E-state index contributed by atoms with van der Waals surface area (Å²) >= 11 is 1.66. The van der Waals surface area contributed by atoms with E-state index in [4.69, 9.17) is 0 Å². The van der Waals surface area contributed by atoms with E-state index in [-0.39, 0.29) is 5.91 Å². The molecule has 0 saturated carbocycles. The number of amides is 1. The molecule has 19 heavy (non-hydrogen) atoms. The molecule has 0 aliphatic carbocycles. The van der Waals surface area contributed by atoms with Crippen molar-refractivity contribution in [1.82, 2.24) is 10.2 Å². The van der Waals surface area contributed by atoms with Crippen LogP contribution in [0.5, 0.6) is 0 Å². The summed E-state index contributed by atoms with van der Waals surface area (Å²) in [5.74, 6) is 0.877. The Bertz CT molecular complexity index is 636. The molecule has 1 aromatic heterocycles. The molecule has 2 aromatic rings. The monoisotopic (exact) mass is 272 g/mol. The van der Waals surface area contributed by atoms with E-state index in [1.54, 1.807) is 11.3 Å². The number of hydrogen-bond acceptors (Lipinski definition) is 3. The summed E-state index contributed by atoms with van der Waals surface area (Å²) in [7, 11) is 0. The van der Waals surface area contributed by atoms with Crippen LogP contribution in [0.25, 0.3) is 10.1 Å². The lowest BCUT2D eigenvalue weighted by molar-refractivity contribution is 0.0739. The number of likely N-dealkylation sites (tertiary alicyclic amines) is 1. The van der Waals surface area contributed by atoms with E-state index in [2.05, 4.69) is 22.3 Å². The van der Waals surface area contributed by atoms with Gasteiger partial charge in [0.15, 0.2) is 0 Å². The Kier molecular flexibility index (Phi) is 2.60. The minimum absolute atomic E-state index is 0.216. The van der Waals surface area contributed by atoms with Crippen molar-refractivity contribution in [1.29, 1.82) is 0 Å². The molecule has 1 amide bonds. The van der Waals surface area contributed by atoms with Gasteiger partial charge in [-0.05, 0) is 18.4 Å². The first-order valence-corrected chi connectivity index (χ1v) is 7.70. The second-order valence-corrected chi connectivity index (χ2v) is 6.33. The fourth-order valence-corrected chi connectivity index (χ4v) is 4.33. The van der Waals surface area contributed by atoms with Gasteiger partial charge < -0.3 is 10.2 Å². The third kappa shape index (κ3) is 1.70. The summed E-state index contributed by atoms with van der Waals surface area (Å²) in [6, 6.07) is 8.58. The topological polar surface area (TPSA) is 32.3 Å². The maximum atomic E-state index is 12.8. The summed E-state index contributed by atoms with van der Waals surface area (Å²) in [5.41, 5.74) is 0.883. The molecule has 2 aliphatic rings. The largest absolute Gasteiger partial charge is 0.334 e. The van der Waals surface area contributed by atoms with Gasteiger partial charge in [-0.2, -0.15) is 0 Å². The van der Waals surface area contributed by atoms with Gasteiger partial charge >= 0.3 is 0 Å². The molecule has 98 valence electrons. The zero-order chi connectivity index (χ0) is 12.8. The summed E-state index contributed by atoms with van der Waals surface area (Å²) in [5, 5.41) is 6.52. The summed E-state index contributed by atoms with van der Waals surface area (Å²) in [6.07, 6.45) is 1.14. The number of carbonyl (C=O) groups excluding carboxylic acids is 1. The smallest absolute Gasteiger partial charge is 0.255 e. The van der Waals surface area contributed by atoms with Crippen molar-refractivity contribution in [2.75, 3.05) is 19.6 Å². The Morgan fingerprint density at radius 3 is 3.16 bits per heavy atom. The Morgan fingerprint density at radius 1 is 1.32 bits per heavy atom. The van der Waals surface area contributed by atoms with Gasteiger partial charge in [0.1, 0.15) is 0 Å². The van der Waals surface area contributed by atoms with Crippen LogP contribution >= 0.6 is 11.3 Å². The molecule has 0 bridgehead atoms. The number of thiophene rings is 1. The van der Waals surface area contributed by atoms with Crippen LogP contribution in [0.1, 0.15) is 16.8 Å². The number of fused-ring (bicyclic) bond motifs is 2. The fraction of sp³-hybridized carbons (Fsp3) is 0.400. The molecule has 0 radical (unpaired) electrons. The van der Waals surface area contributed by atoms with Crippen molar-refractivity contribution < 1.29 is 4.79 Å². The van der Waals surface area contributed by atoms with Crippen LogP contribution in [0.3, 0.4) is 0 Å². The van der Waals surface area contributed by atoms with Crippen LogP contribution in [0.15, 0.2) is 29.6 Å². The number of nitrogens with zero attached hydrogens (tertiary/aromatic N) is 1. The quantitative estimate of drug-likeness (QED) is 0.864. The molecular weight excluding hydrogens is 256 g/mol. The Hall–Kier alpha value is -1.39. The summed E-state index contributed by atoms with van der Waals surface area (Å²) in [6.45, 7) is 2.94. The standard InChI is InChI=1S/C15H16N2OS/c18-15(17-6-5-10-7-16-8-13(10)17)12-9-19-14-4-2-1-3-11(12)14/h1-4,9-10,13,16H,5-8H2/t10-,13+/m0/s1. The van der Waals surface area contributed by atoms with Gasteiger partial charge in [-0.1, -0.05) is 18.2 Å². The maximum absolute atomic E-state index is 12.8. The fourth-order valence-electron chi connectivity index (χ4n) is 3.40. The zero-order valence-corrected chi connectivity index (χ0v) is 11.5. The van der Waals surface area contributed by atoms with Gasteiger partial charge in [0.2, 0.25) is 0 Å². The molecule has 1 N–H and O–H groups in total. The number of rotatable bonds is 1. The third-order valence-corrected chi connectivity index (χ3v) is 5.38. The first-order chi connectivity index (χ1) is 9.34. The molecule has 4 heteroatoms. The van der Waals surface area contributed by atoms with Crippen LogP contribution in [0, 0.1) is 5.92 Å². The van der Waals surface area contributed by atoms with E-state index in [0.29, 0.717) is 12.0 Å². The van der Waals surface area contributed by atoms with Crippen molar-refractivity contribution in [3.8, 4) is 0 Å². The van der Waals surface area contributed by atoms with E-state index in [1.807, 2.05) is 17.5 Å². The average molecular weight is 272 g/mol. The molecule has 4 rings (SSSR count). The molecule has 0 spiro atoms. The molecule has 3 nitrogen and oxygen atoms in total. The van der Waals surface area contributed by atoms with Crippen LogP contribution in [-0.4, -0.2) is 36.5 Å². The lowest BCUT2D eigenvalue weighted by Crippen LogP contribution is -2.38. The molecule has 2 saturated heterocycles. The second kappa shape index (κ2) is 4.32. The zero-order valence-electron chi connectivity index (χ0n) is 10.6. The van der Waals surface area contributed by atoms with Gasteiger partial charge in [0, 0.05) is 41.1 Å². The molecule has 2 fully saturated rings. The summed E-state index contributed by atoms with van der Waals surface area (Å²) < 4.78 is 1.20. The Labute approximate surface area is 116 Å². The number of hydrogen-bond donors (Lipinski definition) is 1. The lowest BCUT2D eigenvalue weighted by atomic mass is 10.0. The SMILES string of the molecule is O=C(c1csc2ccccc12)N1CC[C@H]2CNC[C@H]21. The highest BCUT2D eigenvalue weighted by Crippen LogP contribution is 2.32. The molecule has 3 heterocycles. The van der Waals surface area contributed by atoms with Crippen molar-refractivity contribution in [2.24, 2.45) is 5.92 Å². The van der Waals surface area contributed by atoms with Crippen molar-refractivity contribution in [3.63, 3.8) is 0 Å². The van der Waals surface area contributed by atoms with Crippen LogP contribution < -0.4 is 5.32 Å². The van der Waals surface area contributed by atoms with Crippen LogP contribution in [0.4, 0.5) is 0 Å². The highest BCUT2D eigenvalue weighted by atomic mass is 32.1. The maximum Gasteiger partial charge on any atom is 0.255 e. The van der Waals surface area contributed by atoms with Gasteiger partial charge in [0.05, 0.1) is 5.56 Å². The lowest BCUT2D eigenvalue weighted by Gasteiger charge is -2.23. The first-order valence-electron chi connectivity index (χ1n) is 6.82. The van der Waals surface area contributed by atoms with Crippen molar-refractivity contribution in [2.45, 2.75) is 12.5 Å².